The molecule has 0 saturated carbocycles. The van der Waals surface area contributed by atoms with Crippen molar-refractivity contribution in [1.82, 2.24) is 4.98 Å². The van der Waals surface area contributed by atoms with Gasteiger partial charge in [0.25, 0.3) is 5.91 Å². The van der Waals surface area contributed by atoms with Crippen LogP contribution in [0.1, 0.15) is 33.8 Å². The Hall–Kier alpha value is -2.93. The molecule has 7 heteroatoms. The highest BCUT2D eigenvalue weighted by Gasteiger charge is 2.16. The first-order valence-electron chi connectivity index (χ1n) is 7.98. The van der Waals surface area contributed by atoms with E-state index in [1.54, 1.807) is 24.3 Å². The summed E-state index contributed by atoms with van der Waals surface area (Å²) in [5.41, 5.74) is 0.432. The summed E-state index contributed by atoms with van der Waals surface area (Å²) in [6.07, 6.45) is 2.22. The van der Waals surface area contributed by atoms with Crippen LogP contribution >= 0.6 is 0 Å². The van der Waals surface area contributed by atoms with Crippen LogP contribution in [0.3, 0.4) is 0 Å². The number of hydrogen-bond donors (Lipinski definition) is 2. The van der Waals surface area contributed by atoms with Gasteiger partial charge < -0.3 is 19.9 Å². The number of aromatic carboxylic acids is 1. The topological polar surface area (TPSA) is 97.8 Å². The minimum absolute atomic E-state index is 0.0404. The second-order valence-corrected chi connectivity index (χ2v) is 5.64. The van der Waals surface area contributed by atoms with Crippen molar-refractivity contribution in [2.75, 3.05) is 18.5 Å². The van der Waals surface area contributed by atoms with E-state index in [2.05, 4.69) is 10.3 Å². The third-order valence-corrected chi connectivity index (χ3v) is 3.77. The number of hydrogen-bond acceptors (Lipinski definition) is 5. The van der Waals surface area contributed by atoms with Gasteiger partial charge in [0.2, 0.25) is 0 Å². The molecular formula is C18H18N2O5. The average Bonchev–Trinajstić information content (AvgIpc) is 3.15. The second-order valence-electron chi connectivity index (χ2n) is 5.64. The number of benzene rings is 1. The second kappa shape index (κ2) is 7.76. The largest absolute Gasteiger partial charge is 0.491 e. The first-order chi connectivity index (χ1) is 12.1. The van der Waals surface area contributed by atoms with Crippen LogP contribution < -0.4 is 10.1 Å². The standard InChI is InChI=1S/C18H18N2O5/c21-17(15-4-1-5-16(20-15)18(22)23)19-12-6-8-13(9-7-12)25-11-14-3-2-10-24-14/h1,4-9,14H,2-3,10-11H2,(H,19,21)(H,22,23). The summed E-state index contributed by atoms with van der Waals surface area (Å²) in [7, 11) is 0. The van der Waals surface area contributed by atoms with E-state index < -0.39 is 11.9 Å². The van der Waals surface area contributed by atoms with E-state index in [4.69, 9.17) is 14.6 Å². The van der Waals surface area contributed by atoms with Crippen LogP contribution in [0.25, 0.3) is 0 Å². The predicted molar refractivity (Wildman–Crippen MR) is 90.1 cm³/mol. The van der Waals surface area contributed by atoms with Crippen molar-refractivity contribution in [3.8, 4) is 5.75 Å². The molecule has 1 fully saturated rings. The van der Waals surface area contributed by atoms with Crippen LogP contribution in [-0.4, -0.2) is 41.3 Å². The molecule has 1 aliphatic rings. The summed E-state index contributed by atoms with van der Waals surface area (Å²) in [6, 6.07) is 11.2. The van der Waals surface area contributed by atoms with Crippen molar-refractivity contribution >= 4 is 17.6 Å². The fraction of sp³-hybridized carbons (Fsp3) is 0.278. The Balaban J connectivity index is 1.58. The maximum absolute atomic E-state index is 12.2. The Morgan fingerprint density at radius 3 is 2.64 bits per heavy atom. The van der Waals surface area contributed by atoms with Gasteiger partial charge in [-0.05, 0) is 49.2 Å². The number of nitrogens with one attached hydrogen (secondary N) is 1. The molecule has 1 atom stereocenters. The molecule has 1 aromatic heterocycles. The van der Waals surface area contributed by atoms with E-state index in [0.717, 1.165) is 19.4 Å². The molecule has 0 radical (unpaired) electrons. The molecule has 130 valence electrons. The van der Waals surface area contributed by atoms with Crippen molar-refractivity contribution in [2.24, 2.45) is 0 Å². The fourth-order valence-corrected chi connectivity index (χ4v) is 2.47. The Labute approximate surface area is 144 Å². The average molecular weight is 342 g/mol. The van der Waals surface area contributed by atoms with Crippen LogP contribution in [0.2, 0.25) is 0 Å². The number of nitrogens with zero attached hydrogens (tertiary/aromatic N) is 1. The number of carboxylic acid groups (broad SMARTS) is 1. The number of pyridine rings is 1. The normalized spacial score (nSPS) is 16.4. The van der Waals surface area contributed by atoms with E-state index in [-0.39, 0.29) is 17.5 Å². The number of ether oxygens (including phenoxy) is 2. The first-order valence-corrected chi connectivity index (χ1v) is 7.98. The summed E-state index contributed by atoms with van der Waals surface area (Å²) >= 11 is 0. The van der Waals surface area contributed by atoms with Gasteiger partial charge in [-0.2, -0.15) is 0 Å². The predicted octanol–water partition coefficient (Wildman–Crippen LogP) is 2.59. The number of rotatable bonds is 6. The van der Waals surface area contributed by atoms with E-state index >= 15 is 0 Å². The van der Waals surface area contributed by atoms with Gasteiger partial charge in [-0.1, -0.05) is 6.07 Å². The lowest BCUT2D eigenvalue weighted by atomic mass is 10.2. The molecule has 2 aromatic rings. The molecule has 1 aliphatic heterocycles. The zero-order valence-corrected chi connectivity index (χ0v) is 13.5. The minimum atomic E-state index is -1.18. The quantitative estimate of drug-likeness (QED) is 0.837. The molecule has 7 nitrogen and oxygen atoms in total. The SMILES string of the molecule is O=C(O)c1cccc(C(=O)Nc2ccc(OCC3CCCO3)cc2)n1. The molecule has 0 aliphatic carbocycles. The van der Waals surface area contributed by atoms with Crippen LogP contribution in [-0.2, 0) is 4.74 Å². The van der Waals surface area contributed by atoms with Gasteiger partial charge in [0.05, 0.1) is 6.10 Å². The fourth-order valence-electron chi connectivity index (χ4n) is 2.47. The van der Waals surface area contributed by atoms with Gasteiger partial charge in [0, 0.05) is 12.3 Å². The zero-order valence-electron chi connectivity index (χ0n) is 13.5. The van der Waals surface area contributed by atoms with Gasteiger partial charge in [0.1, 0.15) is 23.7 Å². The van der Waals surface area contributed by atoms with Gasteiger partial charge >= 0.3 is 5.97 Å². The summed E-state index contributed by atoms with van der Waals surface area (Å²) in [6.45, 7) is 1.30. The molecule has 1 amide bonds. The van der Waals surface area contributed by atoms with Crippen LogP contribution in [0.5, 0.6) is 5.75 Å². The maximum Gasteiger partial charge on any atom is 0.354 e. The number of amides is 1. The molecule has 25 heavy (non-hydrogen) atoms. The monoisotopic (exact) mass is 342 g/mol. The molecular weight excluding hydrogens is 324 g/mol. The van der Waals surface area contributed by atoms with Crippen molar-refractivity contribution in [1.29, 1.82) is 0 Å². The molecule has 1 unspecified atom stereocenters. The van der Waals surface area contributed by atoms with Crippen molar-refractivity contribution in [3.05, 3.63) is 53.9 Å². The lowest BCUT2D eigenvalue weighted by Crippen LogP contribution is -2.16. The third-order valence-electron chi connectivity index (χ3n) is 3.77. The van der Waals surface area contributed by atoms with Crippen LogP contribution in [0, 0.1) is 0 Å². The molecule has 3 rings (SSSR count). The Kier molecular flexibility index (Phi) is 5.25. The maximum atomic E-state index is 12.2. The minimum Gasteiger partial charge on any atom is -0.491 e. The molecule has 0 spiro atoms. The summed E-state index contributed by atoms with van der Waals surface area (Å²) in [5.74, 6) is -0.960. The van der Waals surface area contributed by atoms with Gasteiger partial charge in [-0.15, -0.1) is 0 Å². The van der Waals surface area contributed by atoms with Gasteiger partial charge in [-0.25, -0.2) is 9.78 Å². The lowest BCUT2D eigenvalue weighted by Gasteiger charge is -2.12. The number of aromatic nitrogens is 1. The van der Waals surface area contributed by atoms with E-state index in [1.807, 2.05) is 0 Å². The highest BCUT2D eigenvalue weighted by atomic mass is 16.5. The Morgan fingerprint density at radius 1 is 1.20 bits per heavy atom. The zero-order chi connectivity index (χ0) is 17.6. The van der Waals surface area contributed by atoms with Gasteiger partial charge in [-0.3, -0.25) is 4.79 Å². The number of anilines is 1. The summed E-state index contributed by atoms with van der Waals surface area (Å²) in [5, 5.41) is 11.6. The van der Waals surface area contributed by atoms with Crippen LogP contribution in [0.15, 0.2) is 42.5 Å². The number of carboxylic acids is 1. The summed E-state index contributed by atoms with van der Waals surface area (Å²) in [4.78, 5) is 26.9. The Bertz CT molecular complexity index is 754. The Morgan fingerprint density at radius 2 is 1.96 bits per heavy atom. The van der Waals surface area contributed by atoms with Crippen molar-refractivity contribution < 1.29 is 24.2 Å². The first kappa shape index (κ1) is 16.9. The molecule has 1 aromatic carbocycles. The van der Waals surface area contributed by atoms with E-state index in [0.29, 0.717) is 18.0 Å². The third kappa shape index (κ3) is 4.54. The molecule has 1 saturated heterocycles. The molecule has 2 heterocycles. The van der Waals surface area contributed by atoms with Crippen molar-refractivity contribution in [3.63, 3.8) is 0 Å². The highest BCUT2D eigenvalue weighted by Crippen LogP contribution is 2.19. The smallest absolute Gasteiger partial charge is 0.354 e. The highest BCUT2D eigenvalue weighted by molar-refractivity contribution is 6.03. The number of carbonyl (C=O) groups is 2. The lowest BCUT2D eigenvalue weighted by molar-refractivity contribution is 0.0679. The van der Waals surface area contributed by atoms with E-state index in [1.165, 1.54) is 18.2 Å². The number of carbonyl (C=O) groups excluding carboxylic acids is 1. The van der Waals surface area contributed by atoms with Crippen molar-refractivity contribution in [2.45, 2.75) is 18.9 Å². The summed E-state index contributed by atoms with van der Waals surface area (Å²) < 4.78 is 11.2. The molecule has 2 N–H and O–H groups in total. The van der Waals surface area contributed by atoms with E-state index in [9.17, 15) is 9.59 Å². The molecule has 0 bridgehead atoms. The van der Waals surface area contributed by atoms with Crippen LogP contribution in [0.4, 0.5) is 5.69 Å². The van der Waals surface area contributed by atoms with Gasteiger partial charge in [0.15, 0.2) is 0 Å².